The molecule has 0 N–H and O–H groups in total. The number of imidazole rings is 1. The molecule has 1 heterocycles. The van der Waals surface area contributed by atoms with Crippen LogP contribution in [0.15, 0.2) is 91.3 Å². The fraction of sp³-hybridized carbons (Fsp3) is 0.267. The number of aryl methyl sites for hydroxylation is 2. The molecule has 0 fully saturated rings. The van der Waals surface area contributed by atoms with Crippen molar-refractivity contribution in [1.82, 2.24) is 9.55 Å². The molecule has 170 valence electrons. The SMILES string of the molecule is Cc1cccc(C)c1Cc1nccn1CC(C)C#N.[B]CC(c1ccccc1)c1ccccc1. The summed E-state index contributed by atoms with van der Waals surface area (Å²) in [5, 5.41) is 8.92. The Morgan fingerprint density at radius 2 is 1.44 bits per heavy atom. The monoisotopic (exact) mass is 445 g/mol. The van der Waals surface area contributed by atoms with Gasteiger partial charge in [0, 0.05) is 31.3 Å². The summed E-state index contributed by atoms with van der Waals surface area (Å²) in [4.78, 5) is 4.43. The summed E-state index contributed by atoms with van der Waals surface area (Å²) in [5.41, 5.74) is 6.49. The molecule has 0 amide bonds. The maximum Gasteiger partial charge on any atom is 0.113 e. The van der Waals surface area contributed by atoms with E-state index < -0.39 is 0 Å². The standard InChI is InChI=1S/C16H19N3.C14H13B/c1-12(10-17)11-19-8-7-18-16(19)9-15-13(2)5-4-6-14(15)3;15-11-14(12-7-3-1-4-8-12)13-9-5-2-6-10-13/h4-8,12H,9,11H2,1-3H3;1-10,14H,11H2. The summed E-state index contributed by atoms with van der Waals surface area (Å²) in [6.45, 7) is 6.90. The van der Waals surface area contributed by atoms with Crippen molar-refractivity contribution in [2.75, 3.05) is 0 Å². The predicted octanol–water partition coefficient (Wildman–Crippen LogP) is 6.66. The van der Waals surface area contributed by atoms with Gasteiger partial charge in [-0.25, -0.2) is 4.98 Å². The van der Waals surface area contributed by atoms with Gasteiger partial charge >= 0.3 is 0 Å². The molecule has 1 atom stereocenters. The summed E-state index contributed by atoms with van der Waals surface area (Å²) >= 11 is 0. The third-order valence-corrected chi connectivity index (χ3v) is 6.11. The summed E-state index contributed by atoms with van der Waals surface area (Å²) in [5.74, 6) is 1.35. The quantitative estimate of drug-likeness (QED) is 0.299. The topological polar surface area (TPSA) is 41.6 Å². The smallest absolute Gasteiger partial charge is 0.113 e. The van der Waals surface area contributed by atoms with E-state index in [2.05, 4.69) is 96.2 Å². The molecule has 34 heavy (non-hydrogen) atoms. The molecule has 0 spiro atoms. The van der Waals surface area contributed by atoms with Gasteiger partial charge in [-0.05, 0) is 48.6 Å². The van der Waals surface area contributed by atoms with Gasteiger partial charge in [0.05, 0.1) is 19.8 Å². The lowest BCUT2D eigenvalue weighted by atomic mass is 9.81. The number of benzene rings is 3. The average Bonchev–Trinajstić information content (AvgIpc) is 3.30. The lowest BCUT2D eigenvalue weighted by Crippen LogP contribution is -2.10. The van der Waals surface area contributed by atoms with Crippen LogP contribution in [0.5, 0.6) is 0 Å². The third-order valence-electron chi connectivity index (χ3n) is 6.11. The van der Waals surface area contributed by atoms with E-state index in [4.69, 9.17) is 13.1 Å². The number of nitrogens with zero attached hydrogens (tertiary/aromatic N) is 3. The Balaban J connectivity index is 0.000000196. The van der Waals surface area contributed by atoms with Gasteiger partial charge in [-0.1, -0.05) is 85.2 Å². The van der Waals surface area contributed by atoms with Crippen molar-refractivity contribution >= 4 is 7.85 Å². The summed E-state index contributed by atoms with van der Waals surface area (Å²) in [7, 11) is 5.84. The normalized spacial score (nSPS) is 11.4. The summed E-state index contributed by atoms with van der Waals surface area (Å²) in [6.07, 6.45) is 5.24. The third kappa shape index (κ3) is 6.72. The largest absolute Gasteiger partial charge is 0.333 e. The van der Waals surface area contributed by atoms with Crippen molar-refractivity contribution in [3.8, 4) is 6.07 Å². The first kappa shape index (κ1) is 25.1. The number of hydrogen-bond donors (Lipinski definition) is 0. The Hall–Kier alpha value is -3.58. The minimum Gasteiger partial charge on any atom is -0.333 e. The van der Waals surface area contributed by atoms with E-state index >= 15 is 0 Å². The molecule has 0 aliphatic rings. The van der Waals surface area contributed by atoms with Crippen LogP contribution in [0.1, 0.15) is 46.5 Å². The number of aromatic nitrogens is 2. The van der Waals surface area contributed by atoms with Crippen molar-refractivity contribution in [2.24, 2.45) is 5.92 Å². The Bertz CT molecular complexity index is 1130. The minimum absolute atomic E-state index is 0.00548. The first-order chi connectivity index (χ1) is 16.5. The van der Waals surface area contributed by atoms with E-state index in [9.17, 15) is 0 Å². The fourth-order valence-corrected chi connectivity index (χ4v) is 4.13. The Kier molecular flexibility index (Phi) is 9.29. The average molecular weight is 445 g/mol. The molecule has 0 saturated carbocycles. The second-order valence-electron chi connectivity index (χ2n) is 8.68. The molecule has 4 aromatic rings. The maximum atomic E-state index is 8.92. The Morgan fingerprint density at radius 3 is 1.94 bits per heavy atom. The Morgan fingerprint density at radius 1 is 0.882 bits per heavy atom. The van der Waals surface area contributed by atoms with Gasteiger partial charge in [-0.3, -0.25) is 0 Å². The molecular formula is C30H32BN3. The molecule has 3 nitrogen and oxygen atoms in total. The van der Waals surface area contributed by atoms with Gasteiger partial charge < -0.3 is 4.57 Å². The van der Waals surface area contributed by atoms with Crippen LogP contribution in [0, 0.1) is 31.1 Å². The van der Waals surface area contributed by atoms with Crippen LogP contribution in [0.25, 0.3) is 0 Å². The maximum absolute atomic E-state index is 8.92. The van der Waals surface area contributed by atoms with Gasteiger partial charge in [0.15, 0.2) is 0 Å². The molecular weight excluding hydrogens is 413 g/mol. The first-order valence-corrected chi connectivity index (χ1v) is 11.8. The highest BCUT2D eigenvalue weighted by Gasteiger charge is 2.11. The summed E-state index contributed by atoms with van der Waals surface area (Å²) in [6, 6.07) is 29.4. The highest BCUT2D eigenvalue weighted by Crippen LogP contribution is 2.26. The minimum atomic E-state index is 0.00548. The molecule has 0 bridgehead atoms. The van der Waals surface area contributed by atoms with E-state index in [0.717, 1.165) is 12.2 Å². The predicted molar refractivity (Wildman–Crippen MR) is 141 cm³/mol. The van der Waals surface area contributed by atoms with Crippen LogP contribution in [-0.4, -0.2) is 17.4 Å². The van der Waals surface area contributed by atoms with Crippen LogP contribution < -0.4 is 0 Å². The molecule has 0 saturated heterocycles. The zero-order valence-electron chi connectivity index (χ0n) is 20.4. The van der Waals surface area contributed by atoms with Gasteiger partial charge in [0.1, 0.15) is 5.82 Å². The highest BCUT2D eigenvalue weighted by molar-refractivity contribution is 6.09. The highest BCUT2D eigenvalue weighted by atomic mass is 15.1. The van der Waals surface area contributed by atoms with E-state index in [1.54, 1.807) is 0 Å². The van der Waals surface area contributed by atoms with Crippen molar-refractivity contribution in [3.63, 3.8) is 0 Å². The van der Waals surface area contributed by atoms with E-state index in [0.29, 0.717) is 18.8 Å². The van der Waals surface area contributed by atoms with Crippen LogP contribution in [0.2, 0.25) is 6.32 Å². The van der Waals surface area contributed by atoms with Gasteiger partial charge in [0.2, 0.25) is 0 Å². The molecule has 4 rings (SSSR count). The van der Waals surface area contributed by atoms with Crippen molar-refractivity contribution < 1.29 is 0 Å². The molecule has 0 aliphatic heterocycles. The molecule has 3 aromatic carbocycles. The molecule has 4 heteroatoms. The van der Waals surface area contributed by atoms with Crippen molar-refractivity contribution in [1.29, 1.82) is 5.26 Å². The molecule has 1 unspecified atom stereocenters. The van der Waals surface area contributed by atoms with Crippen LogP contribution >= 0.6 is 0 Å². The summed E-state index contributed by atoms with van der Waals surface area (Å²) < 4.78 is 2.08. The van der Waals surface area contributed by atoms with E-state index in [1.165, 1.54) is 27.8 Å². The zero-order valence-corrected chi connectivity index (χ0v) is 20.4. The number of nitriles is 1. The second kappa shape index (κ2) is 12.6. The van der Waals surface area contributed by atoms with Crippen molar-refractivity contribution in [2.45, 2.75) is 46.0 Å². The molecule has 1 aromatic heterocycles. The molecule has 2 radical (unpaired) electrons. The van der Waals surface area contributed by atoms with Gasteiger partial charge in [0.25, 0.3) is 0 Å². The lowest BCUT2D eigenvalue weighted by molar-refractivity contribution is 0.561. The van der Waals surface area contributed by atoms with Gasteiger partial charge in [-0.15, -0.1) is 0 Å². The van der Waals surface area contributed by atoms with E-state index in [-0.39, 0.29) is 5.92 Å². The van der Waals surface area contributed by atoms with Crippen molar-refractivity contribution in [3.05, 3.63) is 125 Å². The van der Waals surface area contributed by atoms with E-state index in [1.807, 2.05) is 31.5 Å². The Labute approximate surface area is 205 Å². The van der Waals surface area contributed by atoms with Crippen LogP contribution in [0.4, 0.5) is 0 Å². The second-order valence-corrected chi connectivity index (χ2v) is 8.68. The first-order valence-electron chi connectivity index (χ1n) is 11.8. The fourth-order valence-electron chi connectivity index (χ4n) is 4.13. The van der Waals surface area contributed by atoms with Gasteiger partial charge in [-0.2, -0.15) is 5.26 Å². The molecule has 0 aliphatic carbocycles. The van der Waals surface area contributed by atoms with Crippen LogP contribution in [0.3, 0.4) is 0 Å². The van der Waals surface area contributed by atoms with Crippen LogP contribution in [-0.2, 0) is 13.0 Å². The zero-order chi connectivity index (χ0) is 24.3. The number of rotatable bonds is 7. The number of hydrogen-bond acceptors (Lipinski definition) is 2. The lowest BCUT2D eigenvalue weighted by Gasteiger charge is -2.15.